The van der Waals surface area contributed by atoms with Crippen molar-refractivity contribution in [2.45, 2.75) is 25.9 Å². The number of carbonyl (C=O) groups excluding carboxylic acids is 1. The first-order valence-electron chi connectivity index (χ1n) is 9.03. The molecule has 6 nitrogen and oxygen atoms in total. The zero-order valence-electron chi connectivity index (χ0n) is 15.0. The summed E-state index contributed by atoms with van der Waals surface area (Å²) < 4.78 is 3.99. The summed E-state index contributed by atoms with van der Waals surface area (Å²) in [4.78, 5) is 18.3. The third-order valence-corrected chi connectivity index (χ3v) is 4.84. The van der Waals surface area contributed by atoms with Crippen LogP contribution in [0.5, 0.6) is 0 Å². The highest BCUT2D eigenvalue weighted by Crippen LogP contribution is 2.31. The van der Waals surface area contributed by atoms with Gasteiger partial charge in [-0.25, -0.2) is 4.98 Å². The van der Waals surface area contributed by atoms with Crippen LogP contribution in [0.4, 0.5) is 0 Å². The third-order valence-electron chi connectivity index (χ3n) is 4.84. The Morgan fingerprint density at radius 3 is 2.73 bits per heavy atom. The predicted molar refractivity (Wildman–Crippen MR) is 99.6 cm³/mol. The standard InChI is InChI=1S/C20H23N5O/c1-23(10-11-24-9-8-21-15-24)20(26)18-6-4-17(5-7-18)19-12-22-25(14-19)13-16-2-3-16/h4-9,12,14-16H,2-3,10-11,13H2,1H3. The topological polar surface area (TPSA) is 56.0 Å². The molecule has 1 aliphatic rings. The average Bonchev–Trinajstić information content (AvgIpc) is 3.12. The minimum absolute atomic E-state index is 0.0288. The van der Waals surface area contributed by atoms with E-state index in [1.54, 1.807) is 17.4 Å². The van der Waals surface area contributed by atoms with Gasteiger partial charge in [0.05, 0.1) is 12.5 Å². The van der Waals surface area contributed by atoms with Gasteiger partial charge in [-0.1, -0.05) is 12.1 Å². The van der Waals surface area contributed by atoms with Gasteiger partial charge in [0, 0.05) is 56.4 Å². The van der Waals surface area contributed by atoms with Crippen molar-refractivity contribution >= 4 is 5.91 Å². The molecule has 2 heterocycles. The lowest BCUT2D eigenvalue weighted by Crippen LogP contribution is -2.29. The van der Waals surface area contributed by atoms with E-state index in [1.165, 1.54) is 12.8 Å². The Morgan fingerprint density at radius 1 is 1.23 bits per heavy atom. The van der Waals surface area contributed by atoms with E-state index in [4.69, 9.17) is 0 Å². The molecule has 134 valence electrons. The van der Waals surface area contributed by atoms with E-state index < -0.39 is 0 Å². The predicted octanol–water partition coefficient (Wildman–Crippen LogP) is 2.93. The summed E-state index contributed by atoms with van der Waals surface area (Å²) in [6.07, 6.45) is 12.0. The fourth-order valence-corrected chi connectivity index (χ4v) is 2.99. The van der Waals surface area contributed by atoms with Crippen LogP contribution in [0.25, 0.3) is 11.1 Å². The van der Waals surface area contributed by atoms with Crippen molar-refractivity contribution in [1.29, 1.82) is 0 Å². The minimum atomic E-state index is 0.0288. The number of benzene rings is 1. The molecule has 3 aromatic rings. The van der Waals surface area contributed by atoms with Gasteiger partial charge >= 0.3 is 0 Å². The maximum Gasteiger partial charge on any atom is 0.253 e. The second kappa shape index (κ2) is 7.15. The van der Waals surface area contributed by atoms with Crippen LogP contribution in [0, 0.1) is 5.92 Å². The lowest BCUT2D eigenvalue weighted by Gasteiger charge is -2.17. The van der Waals surface area contributed by atoms with Gasteiger partial charge in [-0.05, 0) is 36.5 Å². The van der Waals surface area contributed by atoms with E-state index in [2.05, 4.69) is 16.3 Å². The molecule has 0 saturated heterocycles. The molecule has 1 aromatic carbocycles. The second-order valence-electron chi connectivity index (χ2n) is 7.00. The van der Waals surface area contributed by atoms with Crippen LogP contribution in [0.1, 0.15) is 23.2 Å². The quantitative estimate of drug-likeness (QED) is 0.659. The normalized spacial score (nSPS) is 13.7. The van der Waals surface area contributed by atoms with E-state index in [0.717, 1.165) is 30.1 Å². The zero-order valence-corrected chi connectivity index (χ0v) is 15.0. The summed E-state index contributed by atoms with van der Waals surface area (Å²) in [6.45, 7) is 2.39. The highest BCUT2D eigenvalue weighted by molar-refractivity contribution is 5.94. The Labute approximate surface area is 153 Å². The SMILES string of the molecule is CN(CCn1ccnc1)C(=O)c1ccc(-c2cnn(CC3CC3)c2)cc1. The number of amides is 1. The number of hydrogen-bond donors (Lipinski definition) is 0. The van der Waals surface area contributed by atoms with Gasteiger partial charge in [0.25, 0.3) is 5.91 Å². The molecule has 1 aliphatic carbocycles. The highest BCUT2D eigenvalue weighted by Gasteiger charge is 2.22. The minimum Gasteiger partial charge on any atom is -0.340 e. The van der Waals surface area contributed by atoms with Crippen molar-refractivity contribution in [3.63, 3.8) is 0 Å². The summed E-state index contributed by atoms with van der Waals surface area (Å²) in [5.41, 5.74) is 2.88. The zero-order chi connectivity index (χ0) is 17.9. The molecular formula is C20H23N5O. The van der Waals surface area contributed by atoms with Gasteiger partial charge in [-0.15, -0.1) is 0 Å². The average molecular weight is 349 g/mol. The smallest absolute Gasteiger partial charge is 0.253 e. The molecular weight excluding hydrogens is 326 g/mol. The first-order chi connectivity index (χ1) is 12.7. The lowest BCUT2D eigenvalue weighted by molar-refractivity contribution is 0.0790. The van der Waals surface area contributed by atoms with Crippen molar-refractivity contribution in [3.8, 4) is 11.1 Å². The Morgan fingerprint density at radius 2 is 2.04 bits per heavy atom. The Bertz CT molecular complexity index is 862. The number of aromatic nitrogens is 4. The number of imidazole rings is 1. The molecule has 1 amide bonds. The molecule has 0 bridgehead atoms. The fourth-order valence-electron chi connectivity index (χ4n) is 2.99. The van der Waals surface area contributed by atoms with Crippen LogP contribution in [0.15, 0.2) is 55.4 Å². The third kappa shape index (κ3) is 3.85. The van der Waals surface area contributed by atoms with Crippen LogP contribution >= 0.6 is 0 Å². The Hall–Kier alpha value is -2.89. The number of likely N-dealkylation sites (N-methyl/N-ethyl adjacent to an activating group) is 1. The van der Waals surface area contributed by atoms with Gasteiger partial charge in [0.15, 0.2) is 0 Å². The number of nitrogens with zero attached hydrogens (tertiary/aromatic N) is 5. The molecule has 4 rings (SSSR count). The molecule has 2 aromatic heterocycles. The monoisotopic (exact) mass is 349 g/mol. The summed E-state index contributed by atoms with van der Waals surface area (Å²) in [7, 11) is 1.83. The number of hydrogen-bond acceptors (Lipinski definition) is 3. The van der Waals surface area contributed by atoms with Gasteiger partial charge in [0.1, 0.15) is 0 Å². The maximum atomic E-state index is 12.6. The van der Waals surface area contributed by atoms with Gasteiger partial charge in [-0.2, -0.15) is 5.10 Å². The second-order valence-corrected chi connectivity index (χ2v) is 7.00. The maximum absolute atomic E-state index is 12.6. The first kappa shape index (κ1) is 16.6. The van der Waals surface area contributed by atoms with Crippen molar-refractivity contribution in [3.05, 3.63) is 60.9 Å². The molecule has 0 aliphatic heterocycles. The van der Waals surface area contributed by atoms with E-state index >= 15 is 0 Å². The van der Waals surface area contributed by atoms with Gasteiger partial charge < -0.3 is 9.47 Å². The van der Waals surface area contributed by atoms with Crippen LogP contribution in [-0.2, 0) is 13.1 Å². The van der Waals surface area contributed by atoms with E-state index in [1.807, 2.05) is 53.0 Å². The molecule has 26 heavy (non-hydrogen) atoms. The summed E-state index contributed by atoms with van der Waals surface area (Å²) in [6, 6.07) is 7.78. The van der Waals surface area contributed by atoms with Gasteiger partial charge in [0.2, 0.25) is 0 Å². The fraction of sp³-hybridized carbons (Fsp3) is 0.350. The summed E-state index contributed by atoms with van der Waals surface area (Å²) >= 11 is 0. The number of carbonyl (C=O) groups is 1. The molecule has 1 fully saturated rings. The van der Waals surface area contributed by atoms with Crippen molar-refractivity contribution < 1.29 is 4.79 Å². The van der Waals surface area contributed by atoms with Crippen molar-refractivity contribution in [2.75, 3.05) is 13.6 Å². The molecule has 6 heteroatoms. The molecule has 0 unspecified atom stereocenters. The van der Waals surface area contributed by atoms with E-state index in [0.29, 0.717) is 12.1 Å². The molecule has 0 N–H and O–H groups in total. The van der Waals surface area contributed by atoms with Crippen LogP contribution < -0.4 is 0 Å². The van der Waals surface area contributed by atoms with Crippen LogP contribution in [-0.4, -0.2) is 43.7 Å². The Balaban J connectivity index is 1.38. The number of rotatable bonds is 7. The van der Waals surface area contributed by atoms with Crippen molar-refractivity contribution in [2.24, 2.45) is 5.92 Å². The highest BCUT2D eigenvalue weighted by atomic mass is 16.2. The first-order valence-corrected chi connectivity index (χ1v) is 9.03. The molecule has 1 saturated carbocycles. The lowest BCUT2D eigenvalue weighted by atomic mass is 10.1. The van der Waals surface area contributed by atoms with E-state index in [9.17, 15) is 4.79 Å². The largest absolute Gasteiger partial charge is 0.340 e. The molecule has 0 atom stereocenters. The Kier molecular flexibility index (Phi) is 4.56. The van der Waals surface area contributed by atoms with Crippen molar-refractivity contribution in [1.82, 2.24) is 24.2 Å². The van der Waals surface area contributed by atoms with Crippen LogP contribution in [0.3, 0.4) is 0 Å². The summed E-state index contributed by atoms with van der Waals surface area (Å²) in [5, 5.41) is 4.44. The van der Waals surface area contributed by atoms with Gasteiger partial charge in [-0.3, -0.25) is 9.48 Å². The van der Waals surface area contributed by atoms with Crippen LogP contribution in [0.2, 0.25) is 0 Å². The molecule has 0 radical (unpaired) electrons. The molecule has 0 spiro atoms. The summed E-state index contributed by atoms with van der Waals surface area (Å²) in [5.74, 6) is 0.835. The van der Waals surface area contributed by atoms with E-state index in [-0.39, 0.29) is 5.91 Å².